The van der Waals surface area contributed by atoms with E-state index in [4.69, 9.17) is 19.3 Å². The van der Waals surface area contributed by atoms with E-state index in [2.05, 4.69) is 0 Å². The predicted octanol–water partition coefficient (Wildman–Crippen LogP) is 1.37. The second-order valence-electron chi connectivity index (χ2n) is 3.14. The van der Waals surface area contributed by atoms with Gasteiger partial charge in [0.05, 0.1) is 13.7 Å². The van der Waals surface area contributed by atoms with Crippen LogP contribution in [0.3, 0.4) is 0 Å². The lowest BCUT2D eigenvalue weighted by atomic mass is 10.1. The molecule has 0 radical (unpaired) electrons. The molecule has 2 aromatic rings. The van der Waals surface area contributed by atoms with Gasteiger partial charge in [-0.3, -0.25) is 0 Å². The zero-order valence-electron chi connectivity index (χ0n) is 8.73. The number of methoxy groups -OCH3 is 1. The highest BCUT2D eigenvalue weighted by molar-refractivity contribution is 5.59. The molecule has 0 aliphatic carbocycles. The van der Waals surface area contributed by atoms with E-state index in [1.54, 1.807) is 31.4 Å². The SMILES string of the molecule is COc1ccc(-c2oc(=O)oc2CN)cc1. The molecule has 0 saturated heterocycles. The highest BCUT2D eigenvalue weighted by Gasteiger charge is 2.13. The Morgan fingerprint density at radius 3 is 2.50 bits per heavy atom. The zero-order valence-corrected chi connectivity index (χ0v) is 8.73. The second kappa shape index (κ2) is 4.24. The molecular weight excluding hydrogens is 210 g/mol. The molecule has 2 rings (SSSR count). The Morgan fingerprint density at radius 2 is 1.94 bits per heavy atom. The molecule has 84 valence electrons. The summed E-state index contributed by atoms with van der Waals surface area (Å²) in [5.41, 5.74) is 6.17. The third kappa shape index (κ3) is 1.85. The molecule has 0 bridgehead atoms. The normalized spacial score (nSPS) is 10.4. The van der Waals surface area contributed by atoms with Gasteiger partial charge in [0.2, 0.25) is 0 Å². The van der Waals surface area contributed by atoms with Crippen molar-refractivity contribution in [3.05, 3.63) is 40.6 Å². The molecule has 0 saturated carbocycles. The van der Waals surface area contributed by atoms with Gasteiger partial charge in [0.15, 0.2) is 11.5 Å². The molecule has 0 aliphatic rings. The van der Waals surface area contributed by atoms with Gasteiger partial charge >= 0.3 is 5.82 Å². The summed E-state index contributed by atoms with van der Waals surface area (Å²) in [6, 6.07) is 7.07. The fraction of sp³-hybridized carbons (Fsp3) is 0.182. The summed E-state index contributed by atoms with van der Waals surface area (Å²) < 4.78 is 14.7. The number of benzene rings is 1. The van der Waals surface area contributed by atoms with Crippen LogP contribution in [-0.4, -0.2) is 7.11 Å². The van der Waals surface area contributed by atoms with Gasteiger partial charge in [0.25, 0.3) is 0 Å². The summed E-state index contributed by atoms with van der Waals surface area (Å²) in [5.74, 6) is 0.695. The van der Waals surface area contributed by atoms with Crippen LogP contribution in [0.25, 0.3) is 11.3 Å². The van der Waals surface area contributed by atoms with Crippen LogP contribution in [0.4, 0.5) is 0 Å². The molecule has 1 aromatic carbocycles. The van der Waals surface area contributed by atoms with E-state index in [-0.39, 0.29) is 6.54 Å². The monoisotopic (exact) mass is 221 g/mol. The summed E-state index contributed by atoms with van der Waals surface area (Å²) in [4.78, 5) is 11.0. The zero-order chi connectivity index (χ0) is 11.5. The van der Waals surface area contributed by atoms with E-state index in [1.807, 2.05) is 0 Å². The quantitative estimate of drug-likeness (QED) is 0.846. The van der Waals surface area contributed by atoms with Crippen molar-refractivity contribution in [2.75, 3.05) is 7.11 Å². The van der Waals surface area contributed by atoms with Crippen LogP contribution in [0.15, 0.2) is 37.9 Å². The fourth-order valence-electron chi connectivity index (χ4n) is 1.40. The lowest BCUT2D eigenvalue weighted by Gasteiger charge is -2.00. The number of ether oxygens (including phenoxy) is 1. The van der Waals surface area contributed by atoms with Crippen molar-refractivity contribution < 1.29 is 13.6 Å². The summed E-state index contributed by atoms with van der Waals surface area (Å²) >= 11 is 0. The van der Waals surface area contributed by atoms with Crippen molar-refractivity contribution >= 4 is 0 Å². The van der Waals surface area contributed by atoms with Crippen molar-refractivity contribution in [3.63, 3.8) is 0 Å². The Hall–Kier alpha value is -2.01. The standard InChI is InChI=1S/C11H11NO4/c1-14-8-4-2-7(3-5-8)10-9(6-12)15-11(13)16-10/h2-5H,6,12H2,1H3. The van der Waals surface area contributed by atoms with Crippen molar-refractivity contribution in [1.29, 1.82) is 0 Å². The van der Waals surface area contributed by atoms with Gasteiger partial charge in [-0.2, -0.15) is 0 Å². The first-order chi connectivity index (χ1) is 7.74. The molecule has 0 amide bonds. The second-order valence-corrected chi connectivity index (χ2v) is 3.14. The highest BCUT2D eigenvalue weighted by atomic mass is 16.6. The average molecular weight is 221 g/mol. The lowest BCUT2D eigenvalue weighted by molar-refractivity contribution is 0.376. The van der Waals surface area contributed by atoms with E-state index >= 15 is 0 Å². The Balaban J connectivity index is 2.45. The first-order valence-corrected chi connectivity index (χ1v) is 4.72. The maximum absolute atomic E-state index is 11.0. The predicted molar refractivity (Wildman–Crippen MR) is 57.1 cm³/mol. The van der Waals surface area contributed by atoms with Gasteiger partial charge in [0, 0.05) is 5.56 Å². The van der Waals surface area contributed by atoms with Crippen LogP contribution in [0.2, 0.25) is 0 Å². The minimum absolute atomic E-state index is 0.118. The summed E-state index contributed by atoms with van der Waals surface area (Å²) in [6.45, 7) is 0.118. The maximum Gasteiger partial charge on any atom is 0.519 e. The van der Waals surface area contributed by atoms with Gasteiger partial charge in [0.1, 0.15) is 5.75 Å². The van der Waals surface area contributed by atoms with E-state index in [1.165, 1.54) is 0 Å². The van der Waals surface area contributed by atoms with Gasteiger partial charge in [-0.25, -0.2) is 4.79 Å². The molecule has 0 unspecified atom stereocenters. The molecule has 1 aromatic heterocycles. The molecule has 5 nitrogen and oxygen atoms in total. The molecule has 0 fully saturated rings. The van der Waals surface area contributed by atoms with Crippen LogP contribution < -0.4 is 16.3 Å². The smallest absolute Gasteiger partial charge is 0.497 e. The van der Waals surface area contributed by atoms with Crippen molar-refractivity contribution in [3.8, 4) is 17.1 Å². The van der Waals surface area contributed by atoms with Gasteiger partial charge in [-0.15, -0.1) is 0 Å². The van der Waals surface area contributed by atoms with Crippen LogP contribution in [0, 0.1) is 0 Å². The Morgan fingerprint density at radius 1 is 1.25 bits per heavy atom. The van der Waals surface area contributed by atoms with Crippen LogP contribution in [0.1, 0.15) is 5.76 Å². The minimum atomic E-state index is -0.744. The summed E-state index contributed by atoms with van der Waals surface area (Å²) in [5, 5.41) is 0. The Bertz CT molecular complexity index is 524. The van der Waals surface area contributed by atoms with Gasteiger partial charge in [-0.05, 0) is 24.3 Å². The fourth-order valence-corrected chi connectivity index (χ4v) is 1.40. The van der Waals surface area contributed by atoms with Crippen LogP contribution >= 0.6 is 0 Å². The number of nitrogens with two attached hydrogens (primary N) is 1. The topological polar surface area (TPSA) is 78.6 Å². The van der Waals surface area contributed by atoms with Crippen LogP contribution in [0.5, 0.6) is 5.75 Å². The first-order valence-electron chi connectivity index (χ1n) is 4.72. The Labute approximate surface area is 91.4 Å². The molecule has 2 N–H and O–H groups in total. The van der Waals surface area contributed by atoms with Gasteiger partial charge in [-0.1, -0.05) is 0 Å². The number of hydrogen-bond acceptors (Lipinski definition) is 5. The maximum atomic E-state index is 11.0. The Kier molecular flexibility index (Phi) is 2.78. The van der Waals surface area contributed by atoms with Gasteiger partial charge < -0.3 is 19.3 Å². The molecule has 0 aliphatic heterocycles. The lowest BCUT2D eigenvalue weighted by Crippen LogP contribution is -1.96. The molecule has 1 heterocycles. The summed E-state index contributed by atoms with van der Waals surface area (Å²) in [7, 11) is 1.58. The van der Waals surface area contributed by atoms with Crippen molar-refractivity contribution in [2.45, 2.75) is 6.54 Å². The third-order valence-electron chi connectivity index (χ3n) is 2.18. The van der Waals surface area contributed by atoms with Crippen molar-refractivity contribution in [2.24, 2.45) is 5.73 Å². The van der Waals surface area contributed by atoms with E-state index < -0.39 is 5.82 Å². The number of rotatable bonds is 3. The molecule has 16 heavy (non-hydrogen) atoms. The third-order valence-corrected chi connectivity index (χ3v) is 2.18. The summed E-state index contributed by atoms with van der Waals surface area (Å²) in [6.07, 6.45) is 0. The van der Waals surface area contributed by atoms with E-state index in [0.29, 0.717) is 11.5 Å². The number of hydrogen-bond donors (Lipinski definition) is 1. The largest absolute Gasteiger partial charge is 0.519 e. The highest BCUT2D eigenvalue weighted by Crippen LogP contribution is 2.24. The molecular formula is C11H11NO4. The molecule has 0 atom stereocenters. The minimum Gasteiger partial charge on any atom is -0.497 e. The molecule has 5 heteroatoms. The molecule has 0 spiro atoms. The van der Waals surface area contributed by atoms with Crippen LogP contribution in [-0.2, 0) is 6.54 Å². The van der Waals surface area contributed by atoms with E-state index in [0.717, 1.165) is 11.3 Å². The van der Waals surface area contributed by atoms with E-state index in [9.17, 15) is 4.79 Å². The first kappa shape index (κ1) is 10.5. The average Bonchev–Trinajstić information content (AvgIpc) is 2.70. The van der Waals surface area contributed by atoms with Crippen molar-refractivity contribution in [1.82, 2.24) is 0 Å².